The van der Waals surface area contributed by atoms with Crippen LogP contribution in [-0.4, -0.2) is 41.6 Å². The maximum atomic E-state index is 13.4. The molecule has 2 aromatic carbocycles. The molecule has 1 atom stereocenters. The number of fused-ring (bicyclic) bond motifs is 1. The van der Waals surface area contributed by atoms with Crippen LogP contribution in [0.15, 0.2) is 48.5 Å². The average molecular weight is 440 g/mol. The largest absolute Gasteiger partial charge is 0.487 e. The summed E-state index contributed by atoms with van der Waals surface area (Å²) >= 11 is 0. The second-order valence-corrected chi connectivity index (χ2v) is 9.08. The number of anilines is 1. The summed E-state index contributed by atoms with van der Waals surface area (Å²) in [6, 6.07) is 13.7. The number of halogens is 1. The number of carbonyl (C=O) groups excluding carboxylic acids is 2. The molecule has 0 aliphatic carbocycles. The molecule has 2 aliphatic heterocycles. The van der Waals surface area contributed by atoms with Crippen LogP contribution in [0.5, 0.6) is 5.75 Å². The predicted molar refractivity (Wildman–Crippen MR) is 121 cm³/mol. The van der Waals surface area contributed by atoms with E-state index in [1.54, 1.807) is 17.0 Å². The molecule has 2 N–H and O–H groups in total. The van der Waals surface area contributed by atoms with Crippen LogP contribution in [0.3, 0.4) is 0 Å². The fraction of sp³-hybridized carbons (Fsp3) is 0.440. The van der Waals surface area contributed by atoms with Gasteiger partial charge in [-0.25, -0.2) is 9.18 Å². The quantitative estimate of drug-likeness (QED) is 0.727. The molecular weight excluding hydrogens is 409 g/mol. The number of benzene rings is 2. The highest BCUT2D eigenvalue weighted by molar-refractivity contribution is 5.89. The number of urea groups is 1. The van der Waals surface area contributed by atoms with Gasteiger partial charge in [-0.1, -0.05) is 24.3 Å². The Morgan fingerprint density at radius 2 is 1.91 bits per heavy atom. The minimum absolute atomic E-state index is 0.0451. The summed E-state index contributed by atoms with van der Waals surface area (Å²) in [5.41, 5.74) is 1.12. The molecule has 6 nitrogen and oxygen atoms in total. The first kappa shape index (κ1) is 22.1. The van der Waals surface area contributed by atoms with Crippen molar-refractivity contribution in [2.75, 3.05) is 18.4 Å². The van der Waals surface area contributed by atoms with Crippen molar-refractivity contribution in [1.29, 1.82) is 0 Å². The van der Waals surface area contributed by atoms with Crippen molar-refractivity contribution in [2.45, 2.75) is 57.1 Å². The van der Waals surface area contributed by atoms with E-state index >= 15 is 0 Å². The van der Waals surface area contributed by atoms with Gasteiger partial charge in [0.25, 0.3) is 0 Å². The SMILES string of the molecule is CC(C)NC(=O)CC1CC2(CCN(C(=O)Nc3cccc(F)c3)CC2)Oc2ccccc21. The monoisotopic (exact) mass is 439 g/mol. The van der Waals surface area contributed by atoms with Gasteiger partial charge < -0.3 is 20.3 Å². The highest BCUT2D eigenvalue weighted by atomic mass is 19.1. The van der Waals surface area contributed by atoms with Gasteiger partial charge in [-0.05, 0) is 50.1 Å². The van der Waals surface area contributed by atoms with Crippen LogP contribution in [0.4, 0.5) is 14.9 Å². The Labute approximate surface area is 188 Å². The third-order valence-electron chi connectivity index (χ3n) is 6.22. The highest BCUT2D eigenvalue weighted by Gasteiger charge is 2.44. The molecule has 2 aliphatic rings. The first-order chi connectivity index (χ1) is 15.3. The number of likely N-dealkylation sites (tertiary alicyclic amines) is 1. The molecule has 4 rings (SSSR count). The number of hydrogen-bond acceptors (Lipinski definition) is 3. The maximum Gasteiger partial charge on any atom is 0.321 e. The van der Waals surface area contributed by atoms with Gasteiger partial charge in [0.15, 0.2) is 0 Å². The van der Waals surface area contributed by atoms with Crippen LogP contribution in [0.25, 0.3) is 0 Å². The smallest absolute Gasteiger partial charge is 0.321 e. The summed E-state index contributed by atoms with van der Waals surface area (Å²) < 4.78 is 19.9. The average Bonchev–Trinajstić information content (AvgIpc) is 2.73. The molecule has 2 aromatic rings. The molecule has 170 valence electrons. The Balaban J connectivity index is 1.43. The van der Waals surface area contributed by atoms with Gasteiger partial charge in [0.05, 0.1) is 0 Å². The second-order valence-electron chi connectivity index (χ2n) is 9.08. The molecule has 1 unspecified atom stereocenters. The van der Waals surface area contributed by atoms with Gasteiger partial charge in [0.1, 0.15) is 17.2 Å². The Bertz CT molecular complexity index is 986. The minimum Gasteiger partial charge on any atom is -0.487 e. The number of rotatable bonds is 4. The fourth-order valence-corrected chi connectivity index (χ4v) is 4.72. The topological polar surface area (TPSA) is 70.7 Å². The number of nitrogens with one attached hydrogen (secondary N) is 2. The molecule has 2 heterocycles. The summed E-state index contributed by atoms with van der Waals surface area (Å²) in [6.45, 7) is 4.99. The van der Waals surface area contributed by atoms with Crippen LogP contribution in [0.1, 0.15) is 51.0 Å². The minimum atomic E-state index is -0.396. The van der Waals surface area contributed by atoms with E-state index < -0.39 is 5.60 Å². The van der Waals surface area contributed by atoms with E-state index in [0.717, 1.165) is 17.7 Å². The van der Waals surface area contributed by atoms with E-state index in [1.807, 2.05) is 38.1 Å². The van der Waals surface area contributed by atoms with Gasteiger partial charge in [0.2, 0.25) is 5.91 Å². The molecule has 1 spiro atoms. The number of para-hydroxylation sites is 1. The van der Waals surface area contributed by atoms with Gasteiger partial charge >= 0.3 is 6.03 Å². The molecule has 1 fully saturated rings. The Morgan fingerprint density at radius 1 is 1.16 bits per heavy atom. The summed E-state index contributed by atoms with van der Waals surface area (Å²) in [4.78, 5) is 26.9. The molecule has 0 saturated carbocycles. The lowest BCUT2D eigenvalue weighted by Crippen LogP contribution is -2.52. The molecule has 7 heteroatoms. The van der Waals surface area contributed by atoms with Crippen molar-refractivity contribution in [3.05, 3.63) is 59.9 Å². The normalized spacial score (nSPS) is 19.2. The zero-order valence-electron chi connectivity index (χ0n) is 18.6. The fourth-order valence-electron chi connectivity index (χ4n) is 4.72. The number of nitrogens with zero attached hydrogens (tertiary/aromatic N) is 1. The lowest BCUT2D eigenvalue weighted by molar-refractivity contribution is -0.122. The van der Waals surface area contributed by atoms with Gasteiger partial charge in [-0.2, -0.15) is 0 Å². The Kier molecular flexibility index (Phi) is 6.35. The lowest BCUT2D eigenvalue weighted by Gasteiger charge is -2.46. The van der Waals surface area contributed by atoms with Crippen LogP contribution in [0.2, 0.25) is 0 Å². The van der Waals surface area contributed by atoms with Crippen molar-refractivity contribution in [3.63, 3.8) is 0 Å². The predicted octanol–water partition coefficient (Wildman–Crippen LogP) is 4.67. The molecule has 0 bridgehead atoms. The summed E-state index contributed by atoms with van der Waals surface area (Å²) in [6.07, 6.45) is 2.53. The standard InChI is InChI=1S/C25H30FN3O3/c1-17(2)27-23(30)14-18-16-25(32-22-9-4-3-8-21(18)22)10-12-29(13-11-25)24(31)28-20-7-5-6-19(26)15-20/h3-9,15,17-18H,10-14,16H2,1-2H3,(H,27,30)(H,28,31). The first-order valence-electron chi connectivity index (χ1n) is 11.2. The number of ether oxygens (including phenoxy) is 1. The van der Waals surface area contributed by atoms with Crippen molar-refractivity contribution in [1.82, 2.24) is 10.2 Å². The summed E-state index contributed by atoms with van der Waals surface area (Å²) in [5.74, 6) is 0.566. The number of amides is 3. The van der Waals surface area contributed by atoms with Gasteiger partial charge in [0, 0.05) is 50.0 Å². The van der Waals surface area contributed by atoms with E-state index in [0.29, 0.717) is 38.0 Å². The summed E-state index contributed by atoms with van der Waals surface area (Å²) in [5, 5.41) is 5.76. The van der Waals surface area contributed by atoms with E-state index in [1.165, 1.54) is 12.1 Å². The van der Waals surface area contributed by atoms with Crippen molar-refractivity contribution < 1.29 is 18.7 Å². The molecule has 32 heavy (non-hydrogen) atoms. The van der Waals surface area contributed by atoms with E-state index in [4.69, 9.17) is 4.74 Å². The zero-order valence-corrected chi connectivity index (χ0v) is 18.6. The number of piperidine rings is 1. The number of carbonyl (C=O) groups is 2. The van der Waals surface area contributed by atoms with Crippen molar-refractivity contribution >= 4 is 17.6 Å². The summed E-state index contributed by atoms with van der Waals surface area (Å²) in [7, 11) is 0. The second kappa shape index (κ2) is 9.18. The Morgan fingerprint density at radius 3 is 2.62 bits per heavy atom. The van der Waals surface area contributed by atoms with Crippen LogP contribution in [-0.2, 0) is 4.79 Å². The molecule has 3 amide bonds. The molecule has 0 aromatic heterocycles. The zero-order chi connectivity index (χ0) is 22.7. The van der Waals surface area contributed by atoms with Gasteiger partial charge in [-0.15, -0.1) is 0 Å². The number of hydrogen-bond donors (Lipinski definition) is 2. The van der Waals surface area contributed by atoms with E-state index in [-0.39, 0.29) is 29.7 Å². The highest BCUT2D eigenvalue weighted by Crippen LogP contribution is 2.46. The van der Waals surface area contributed by atoms with E-state index in [9.17, 15) is 14.0 Å². The first-order valence-corrected chi connectivity index (χ1v) is 11.2. The van der Waals surface area contributed by atoms with Crippen molar-refractivity contribution in [3.8, 4) is 5.75 Å². The maximum absolute atomic E-state index is 13.4. The third kappa shape index (κ3) is 5.03. The van der Waals surface area contributed by atoms with Crippen LogP contribution in [0, 0.1) is 5.82 Å². The van der Waals surface area contributed by atoms with Crippen LogP contribution >= 0.6 is 0 Å². The molecule has 1 saturated heterocycles. The van der Waals surface area contributed by atoms with Gasteiger partial charge in [-0.3, -0.25) is 4.79 Å². The van der Waals surface area contributed by atoms with Crippen molar-refractivity contribution in [2.24, 2.45) is 0 Å². The third-order valence-corrected chi connectivity index (χ3v) is 6.22. The van der Waals surface area contributed by atoms with Crippen LogP contribution < -0.4 is 15.4 Å². The van der Waals surface area contributed by atoms with E-state index in [2.05, 4.69) is 10.6 Å². The molecular formula is C25H30FN3O3. The Hall–Kier alpha value is -3.09. The molecule has 0 radical (unpaired) electrons. The lowest BCUT2D eigenvalue weighted by atomic mass is 9.76.